The van der Waals surface area contributed by atoms with Crippen LogP contribution in [0.15, 0.2) is 54.6 Å². The summed E-state index contributed by atoms with van der Waals surface area (Å²) >= 11 is 0. The van der Waals surface area contributed by atoms with Gasteiger partial charge in [-0.15, -0.1) is 0 Å². The highest BCUT2D eigenvalue weighted by molar-refractivity contribution is 5.88. The summed E-state index contributed by atoms with van der Waals surface area (Å²) in [7, 11) is 0. The quantitative estimate of drug-likeness (QED) is 0.525. The molecular weight excluding hydrogens is 258 g/mol. The Kier molecular flexibility index (Phi) is 3.91. The van der Waals surface area contributed by atoms with Gasteiger partial charge in [0.15, 0.2) is 0 Å². The normalized spacial score (nSPS) is 11.1. The minimum Gasteiger partial charge on any atom is -0.478 e. The van der Waals surface area contributed by atoms with Crippen molar-refractivity contribution in [2.24, 2.45) is 0 Å². The van der Waals surface area contributed by atoms with Crippen LogP contribution >= 0.6 is 0 Å². The van der Waals surface area contributed by atoms with Crippen molar-refractivity contribution in [3.63, 3.8) is 0 Å². The van der Waals surface area contributed by atoms with E-state index in [2.05, 4.69) is 0 Å². The van der Waals surface area contributed by atoms with E-state index in [1.54, 1.807) is 30.3 Å². The Bertz CT molecular complexity index is 660. The molecule has 100 valence electrons. The smallest absolute Gasteiger partial charge is 0.335 e. The Balaban J connectivity index is 2.39. The molecule has 5 nitrogen and oxygen atoms in total. The maximum atomic E-state index is 11.1. The molecule has 0 bridgehead atoms. The van der Waals surface area contributed by atoms with Crippen molar-refractivity contribution in [1.82, 2.24) is 0 Å². The van der Waals surface area contributed by atoms with Crippen LogP contribution in [0.3, 0.4) is 0 Å². The van der Waals surface area contributed by atoms with Crippen molar-refractivity contribution < 1.29 is 14.8 Å². The molecular formula is C15H11NO4. The summed E-state index contributed by atoms with van der Waals surface area (Å²) in [6.45, 7) is 0. The van der Waals surface area contributed by atoms with Crippen LogP contribution in [0.2, 0.25) is 0 Å². The molecule has 0 saturated carbocycles. The van der Waals surface area contributed by atoms with E-state index in [0.29, 0.717) is 11.1 Å². The van der Waals surface area contributed by atoms with Gasteiger partial charge in [-0.1, -0.05) is 30.3 Å². The van der Waals surface area contributed by atoms with Gasteiger partial charge in [0.2, 0.25) is 0 Å². The van der Waals surface area contributed by atoms with Crippen LogP contribution in [0.1, 0.15) is 21.5 Å². The lowest BCUT2D eigenvalue weighted by Gasteiger charge is -2.00. The second-order valence-electron chi connectivity index (χ2n) is 4.08. The van der Waals surface area contributed by atoms with Gasteiger partial charge in [0.1, 0.15) is 0 Å². The van der Waals surface area contributed by atoms with Gasteiger partial charge < -0.3 is 5.11 Å². The lowest BCUT2D eigenvalue weighted by molar-refractivity contribution is -0.374. The van der Waals surface area contributed by atoms with Crippen molar-refractivity contribution >= 4 is 17.7 Å². The lowest BCUT2D eigenvalue weighted by atomic mass is 10.1. The third-order valence-electron chi connectivity index (χ3n) is 2.73. The molecule has 0 amide bonds. The summed E-state index contributed by atoms with van der Waals surface area (Å²) in [5.41, 5.74) is 1.18. The number of nitrogens with zero attached hydrogens (tertiary/aromatic N) is 1. The fraction of sp³-hybridized carbons (Fsp3) is 0. The monoisotopic (exact) mass is 269 g/mol. The highest BCUT2D eigenvalue weighted by Gasteiger charge is 2.13. The first-order chi connectivity index (χ1) is 9.58. The van der Waals surface area contributed by atoms with Crippen LogP contribution in [-0.2, 0) is 0 Å². The summed E-state index contributed by atoms with van der Waals surface area (Å²) < 4.78 is 0. The van der Waals surface area contributed by atoms with E-state index in [1.807, 2.05) is 0 Å². The van der Waals surface area contributed by atoms with Crippen molar-refractivity contribution in [3.8, 4) is 0 Å². The van der Waals surface area contributed by atoms with E-state index in [1.165, 1.54) is 30.3 Å². The maximum Gasteiger partial charge on any atom is 0.335 e. The SMILES string of the molecule is O=C(O)c1ccc(C=C(c2ccccc2)[N+](=O)[O-])cc1. The standard InChI is InChI=1S/C15H11NO4/c17-15(18)13-8-6-11(7-9-13)10-14(16(19)20)12-4-2-1-3-5-12/h1-10H,(H,17,18). The largest absolute Gasteiger partial charge is 0.478 e. The molecule has 0 aliphatic heterocycles. The fourth-order valence-corrected chi connectivity index (χ4v) is 1.73. The van der Waals surface area contributed by atoms with E-state index in [9.17, 15) is 14.9 Å². The first kappa shape index (κ1) is 13.5. The zero-order valence-electron chi connectivity index (χ0n) is 10.4. The van der Waals surface area contributed by atoms with Crippen molar-refractivity contribution in [2.45, 2.75) is 0 Å². The molecule has 0 fully saturated rings. The Hall–Kier alpha value is -2.95. The Labute approximate surface area is 115 Å². The number of hydrogen-bond acceptors (Lipinski definition) is 3. The average molecular weight is 269 g/mol. The molecule has 0 aliphatic rings. The summed E-state index contributed by atoms with van der Waals surface area (Å²) in [5.74, 6) is -1.03. The van der Waals surface area contributed by atoms with Gasteiger partial charge in [-0.3, -0.25) is 10.1 Å². The highest BCUT2D eigenvalue weighted by atomic mass is 16.6. The van der Waals surface area contributed by atoms with Gasteiger partial charge in [0.05, 0.1) is 16.1 Å². The predicted molar refractivity (Wildman–Crippen MR) is 74.7 cm³/mol. The topological polar surface area (TPSA) is 80.4 Å². The summed E-state index contributed by atoms with van der Waals surface area (Å²) in [4.78, 5) is 21.4. The second kappa shape index (κ2) is 5.79. The number of carboxylic acid groups (broad SMARTS) is 1. The average Bonchev–Trinajstić information content (AvgIpc) is 2.46. The molecule has 0 saturated heterocycles. The Morgan fingerprint density at radius 3 is 2.10 bits per heavy atom. The van der Waals surface area contributed by atoms with E-state index in [-0.39, 0.29) is 11.3 Å². The highest BCUT2D eigenvalue weighted by Crippen LogP contribution is 2.19. The van der Waals surface area contributed by atoms with Crippen molar-refractivity contribution in [3.05, 3.63) is 81.4 Å². The summed E-state index contributed by atoms with van der Waals surface area (Å²) in [6, 6.07) is 14.4. The Morgan fingerprint density at radius 1 is 1.00 bits per heavy atom. The van der Waals surface area contributed by atoms with Crippen LogP contribution in [0.25, 0.3) is 11.8 Å². The van der Waals surface area contributed by atoms with Gasteiger partial charge in [0.25, 0.3) is 5.70 Å². The fourth-order valence-electron chi connectivity index (χ4n) is 1.73. The lowest BCUT2D eigenvalue weighted by Crippen LogP contribution is -1.98. The maximum absolute atomic E-state index is 11.1. The van der Waals surface area contributed by atoms with Gasteiger partial charge in [-0.25, -0.2) is 4.79 Å². The van der Waals surface area contributed by atoms with Gasteiger partial charge in [-0.2, -0.15) is 0 Å². The molecule has 2 aromatic rings. The Morgan fingerprint density at radius 2 is 1.60 bits per heavy atom. The number of benzene rings is 2. The van der Waals surface area contributed by atoms with Crippen LogP contribution in [0.4, 0.5) is 0 Å². The molecule has 5 heteroatoms. The van der Waals surface area contributed by atoms with E-state index >= 15 is 0 Å². The van der Waals surface area contributed by atoms with Crippen molar-refractivity contribution in [1.29, 1.82) is 0 Å². The molecule has 0 unspecified atom stereocenters. The van der Waals surface area contributed by atoms with E-state index in [4.69, 9.17) is 5.11 Å². The van der Waals surface area contributed by atoms with Gasteiger partial charge in [0, 0.05) is 6.08 Å². The molecule has 0 radical (unpaired) electrons. The van der Waals surface area contributed by atoms with Crippen molar-refractivity contribution in [2.75, 3.05) is 0 Å². The molecule has 0 aromatic heterocycles. The van der Waals surface area contributed by atoms with Gasteiger partial charge >= 0.3 is 5.97 Å². The third-order valence-corrected chi connectivity index (χ3v) is 2.73. The molecule has 1 N–H and O–H groups in total. The number of rotatable bonds is 4. The minimum absolute atomic E-state index is 0.0336. The molecule has 2 aromatic carbocycles. The van der Waals surface area contributed by atoms with Gasteiger partial charge in [-0.05, 0) is 29.8 Å². The predicted octanol–water partition coefficient (Wildman–Crippen LogP) is 3.16. The molecule has 0 spiro atoms. The zero-order valence-corrected chi connectivity index (χ0v) is 10.4. The minimum atomic E-state index is -1.03. The second-order valence-corrected chi connectivity index (χ2v) is 4.08. The third kappa shape index (κ3) is 3.08. The molecule has 0 heterocycles. The first-order valence-electron chi connectivity index (χ1n) is 5.83. The van der Waals surface area contributed by atoms with E-state index in [0.717, 1.165) is 0 Å². The number of hydrogen-bond donors (Lipinski definition) is 1. The van der Waals surface area contributed by atoms with E-state index < -0.39 is 10.9 Å². The first-order valence-corrected chi connectivity index (χ1v) is 5.83. The summed E-state index contributed by atoms with van der Waals surface area (Å²) in [6.07, 6.45) is 1.42. The number of carbonyl (C=O) groups is 1. The molecule has 2 rings (SSSR count). The number of carboxylic acids is 1. The number of nitro groups is 1. The van der Waals surface area contributed by atoms with Crippen LogP contribution in [-0.4, -0.2) is 16.0 Å². The molecule has 20 heavy (non-hydrogen) atoms. The zero-order chi connectivity index (χ0) is 14.5. The summed E-state index contributed by atoms with van der Waals surface area (Å²) in [5, 5.41) is 19.9. The van der Waals surface area contributed by atoms with Crippen LogP contribution in [0.5, 0.6) is 0 Å². The van der Waals surface area contributed by atoms with Crippen LogP contribution < -0.4 is 0 Å². The van der Waals surface area contributed by atoms with Crippen LogP contribution in [0, 0.1) is 10.1 Å². The molecule has 0 atom stereocenters. The number of aromatic carboxylic acids is 1. The molecule has 0 aliphatic carbocycles.